The summed E-state index contributed by atoms with van der Waals surface area (Å²) in [4.78, 5) is 0. The van der Waals surface area contributed by atoms with Gasteiger partial charge >= 0.3 is 0 Å². The summed E-state index contributed by atoms with van der Waals surface area (Å²) < 4.78 is 0. The van der Waals surface area contributed by atoms with Gasteiger partial charge in [-0.15, -0.1) is 0 Å². The Morgan fingerprint density at radius 2 is 1.50 bits per heavy atom. The molecule has 2 nitrogen and oxygen atoms in total. The van der Waals surface area contributed by atoms with Crippen molar-refractivity contribution in [1.29, 1.82) is 0 Å². The second-order valence-electron chi connectivity index (χ2n) is 8.91. The molecule has 30 heavy (non-hydrogen) atoms. The van der Waals surface area contributed by atoms with Gasteiger partial charge in [-0.25, -0.2) is 0 Å². The summed E-state index contributed by atoms with van der Waals surface area (Å²) in [7, 11) is 0. The minimum Gasteiger partial charge on any atom is -0.385 e. The van der Waals surface area contributed by atoms with Crippen LogP contribution in [0.1, 0.15) is 36.0 Å². The molecule has 3 aromatic rings. The predicted molar refractivity (Wildman–Crippen MR) is 128 cm³/mol. The molecule has 156 valence electrons. The van der Waals surface area contributed by atoms with E-state index in [4.69, 9.17) is 0 Å². The summed E-state index contributed by atoms with van der Waals surface area (Å²) in [5.41, 5.74) is 6.02. The van der Waals surface area contributed by atoms with Gasteiger partial charge in [0.25, 0.3) is 0 Å². The van der Waals surface area contributed by atoms with E-state index in [1.165, 1.54) is 54.7 Å². The van der Waals surface area contributed by atoms with Crippen molar-refractivity contribution in [2.75, 3.05) is 25.0 Å². The zero-order valence-electron chi connectivity index (χ0n) is 18.1. The fourth-order valence-electron chi connectivity index (χ4n) is 4.66. The van der Waals surface area contributed by atoms with E-state index in [0.29, 0.717) is 5.41 Å². The fourth-order valence-corrected chi connectivity index (χ4v) is 4.66. The van der Waals surface area contributed by atoms with Gasteiger partial charge in [0.05, 0.1) is 0 Å². The SMILES string of the molecule is Cc1ccccc1.c1ccc(Cc2cccc(NCC3CC34CCNCC4)c2)cc1. The van der Waals surface area contributed by atoms with Gasteiger partial charge in [-0.3, -0.25) is 0 Å². The van der Waals surface area contributed by atoms with Gasteiger partial charge in [-0.2, -0.15) is 0 Å². The highest BCUT2D eigenvalue weighted by molar-refractivity contribution is 5.47. The Bertz CT molecular complexity index is 898. The molecule has 0 bridgehead atoms. The Morgan fingerprint density at radius 1 is 0.833 bits per heavy atom. The van der Waals surface area contributed by atoms with Gasteiger partial charge in [0.15, 0.2) is 0 Å². The number of piperidine rings is 1. The van der Waals surface area contributed by atoms with Crippen molar-refractivity contribution in [3.8, 4) is 0 Å². The molecule has 2 N–H and O–H groups in total. The maximum Gasteiger partial charge on any atom is 0.0343 e. The molecule has 0 aromatic heterocycles. The van der Waals surface area contributed by atoms with Gasteiger partial charge in [-0.1, -0.05) is 78.4 Å². The summed E-state index contributed by atoms with van der Waals surface area (Å²) >= 11 is 0. The molecule has 1 unspecified atom stereocenters. The number of anilines is 1. The van der Waals surface area contributed by atoms with Crippen molar-refractivity contribution >= 4 is 5.69 Å². The number of hydrogen-bond donors (Lipinski definition) is 2. The molecule has 2 heteroatoms. The van der Waals surface area contributed by atoms with Crippen molar-refractivity contribution in [3.05, 3.63) is 102 Å². The van der Waals surface area contributed by atoms with Gasteiger partial charge in [0.2, 0.25) is 0 Å². The van der Waals surface area contributed by atoms with E-state index >= 15 is 0 Å². The zero-order valence-corrected chi connectivity index (χ0v) is 18.1. The second-order valence-corrected chi connectivity index (χ2v) is 8.91. The average Bonchev–Trinajstić information content (AvgIpc) is 3.46. The molecule has 0 radical (unpaired) electrons. The second kappa shape index (κ2) is 9.95. The monoisotopic (exact) mass is 398 g/mol. The zero-order chi connectivity index (χ0) is 20.7. The van der Waals surface area contributed by atoms with Crippen molar-refractivity contribution in [3.63, 3.8) is 0 Å². The fraction of sp³-hybridized carbons (Fsp3) is 0.357. The first-order valence-corrected chi connectivity index (χ1v) is 11.3. The molecule has 1 aliphatic heterocycles. The minimum absolute atomic E-state index is 0.667. The van der Waals surface area contributed by atoms with Crippen LogP contribution in [-0.4, -0.2) is 19.6 Å². The van der Waals surface area contributed by atoms with Crippen LogP contribution in [0, 0.1) is 18.3 Å². The minimum atomic E-state index is 0.667. The number of aryl methyl sites for hydroxylation is 1. The largest absolute Gasteiger partial charge is 0.385 e. The van der Waals surface area contributed by atoms with E-state index in [9.17, 15) is 0 Å². The van der Waals surface area contributed by atoms with Crippen LogP contribution in [0.5, 0.6) is 0 Å². The lowest BCUT2D eigenvalue weighted by Gasteiger charge is -2.23. The first-order valence-electron chi connectivity index (χ1n) is 11.3. The number of rotatable bonds is 5. The van der Waals surface area contributed by atoms with E-state index in [1.54, 1.807) is 0 Å². The van der Waals surface area contributed by atoms with E-state index in [1.807, 2.05) is 18.2 Å². The Balaban J connectivity index is 0.000000265. The molecule has 1 saturated carbocycles. The summed E-state index contributed by atoms with van der Waals surface area (Å²) in [6.07, 6.45) is 5.17. The first-order chi connectivity index (χ1) is 14.7. The molecule has 2 fully saturated rings. The number of benzene rings is 3. The van der Waals surface area contributed by atoms with Crippen LogP contribution in [0.3, 0.4) is 0 Å². The Kier molecular flexibility index (Phi) is 6.86. The third kappa shape index (κ3) is 5.73. The van der Waals surface area contributed by atoms with Crippen LogP contribution in [0.4, 0.5) is 5.69 Å². The van der Waals surface area contributed by atoms with Crippen molar-refractivity contribution < 1.29 is 0 Å². The standard InChI is InChI=1S/C21H26N2.C7H8/c1-2-5-17(6-3-1)13-18-7-4-8-20(14-18)23-16-19-15-21(19)9-11-22-12-10-21;1-7-5-3-2-4-6-7/h1-8,14,19,22-23H,9-13,15-16H2;2-6H,1H3. The molecule has 5 rings (SSSR count). The van der Waals surface area contributed by atoms with E-state index < -0.39 is 0 Å². The lowest BCUT2D eigenvalue weighted by molar-refractivity contribution is 0.326. The highest BCUT2D eigenvalue weighted by atomic mass is 14.9. The third-order valence-electron chi connectivity index (χ3n) is 6.63. The summed E-state index contributed by atoms with van der Waals surface area (Å²) in [5, 5.41) is 7.17. The average molecular weight is 399 g/mol. The normalized spacial score (nSPS) is 18.9. The van der Waals surface area contributed by atoms with Gasteiger partial charge in [-0.05, 0) is 80.3 Å². The molecule has 1 saturated heterocycles. The molecule has 1 spiro atoms. The maximum absolute atomic E-state index is 3.68. The highest BCUT2D eigenvalue weighted by Crippen LogP contribution is 2.58. The highest BCUT2D eigenvalue weighted by Gasteiger charge is 2.53. The lowest BCUT2D eigenvalue weighted by atomic mass is 9.92. The lowest BCUT2D eigenvalue weighted by Crippen LogP contribution is -2.30. The van der Waals surface area contributed by atoms with Crippen LogP contribution in [0.15, 0.2) is 84.9 Å². The van der Waals surface area contributed by atoms with Crippen molar-refractivity contribution in [2.45, 2.75) is 32.6 Å². The van der Waals surface area contributed by atoms with Crippen LogP contribution >= 0.6 is 0 Å². The van der Waals surface area contributed by atoms with Crippen LogP contribution in [0.25, 0.3) is 0 Å². The summed E-state index contributed by atoms with van der Waals surface area (Å²) in [6, 6.07) is 29.9. The van der Waals surface area contributed by atoms with Gasteiger partial charge < -0.3 is 10.6 Å². The van der Waals surface area contributed by atoms with E-state index in [-0.39, 0.29) is 0 Å². The molecular weight excluding hydrogens is 364 g/mol. The molecule has 1 atom stereocenters. The Labute approximate surface area is 181 Å². The van der Waals surface area contributed by atoms with Crippen LogP contribution in [-0.2, 0) is 6.42 Å². The van der Waals surface area contributed by atoms with E-state index in [0.717, 1.165) is 18.9 Å². The molecular formula is C28H34N2. The Hall–Kier alpha value is -2.58. The molecule has 3 aromatic carbocycles. The molecule has 1 aliphatic carbocycles. The molecule has 0 amide bonds. The summed E-state index contributed by atoms with van der Waals surface area (Å²) in [5.74, 6) is 0.877. The topological polar surface area (TPSA) is 24.1 Å². The first kappa shape index (κ1) is 20.7. The van der Waals surface area contributed by atoms with Crippen molar-refractivity contribution in [1.82, 2.24) is 5.32 Å². The van der Waals surface area contributed by atoms with E-state index in [2.05, 4.69) is 84.3 Å². The molecule has 2 aliphatic rings. The third-order valence-corrected chi connectivity index (χ3v) is 6.63. The van der Waals surface area contributed by atoms with Crippen LogP contribution < -0.4 is 10.6 Å². The predicted octanol–water partition coefficient (Wildman–Crippen LogP) is 6.07. The molecule has 1 heterocycles. The quantitative estimate of drug-likeness (QED) is 0.545. The number of nitrogens with one attached hydrogen (secondary N) is 2. The smallest absolute Gasteiger partial charge is 0.0343 e. The Morgan fingerprint density at radius 3 is 2.17 bits per heavy atom. The number of hydrogen-bond acceptors (Lipinski definition) is 2. The van der Waals surface area contributed by atoms with Gasteiger partial charge in [0.1, 0.15) is 0 Å². The van der Waals surface area contributed by atoms with Gasteiger partial charge in [0, 0.05) is 12.2 Å². The van der Waals surface area contributed by atoms with Crippen molar-refractivity contribution in [2.24, 2.45) is 11.3 Å². The summed E-state index contributed by atoms with van der Waals surface area (Å²) in [6.45, 7) is 5.64. The maximum atomic E-state index is 3.68. The van der Waals surface area contributed by atoms with Crippen LogP contribution in [0.2, 0.25) is 0 Å².